The van der Waals surface area contributed by atoms with E-state index in [0.717, 1.165) is 17.0 Å². The number of fused-ring (bicyclic) bond motifs is 1. The van der Waals surface area contributed by atoms with E-state index >= 15 is 0 Å². The Kier molecular flexibility index (Phi) is 4.92. The average Bonchev–Trinajstić information content (AvgIpc) is 3.49. The molecule has 0 saturated carbocycles. The Hall–Kier alpha value is -4.00. The van der Waals surface area contributed by atoms with Crippen LogP contribution in [0.3, 0.4) is 0 Å². The number of ether oxygens (including phenoxy) is 2. The number of hydrogen-bond acceptors (Lipinski definition) is 4. The number of rotatable bonds is 5. The van der Waals surface area contributed by atoms with Crippen molar-refractivity contribution in [1.82, 2.24) is 19.7 Å². The van der Waals surface area contributed by atoms with E-state index in [1.54, 1.807) is 10.9 Å². The highest BCUT2D eigenvalue weighted by Crippen LogP contribution is 2.32. The molecule has 0 aliphatic carbocycles. The fourth-order valence-electron chi connectivity index (χ4n) is 3.67. The first kappa shape index (κ1) is 19.0. The second kappa shape index (κ2) is 8.02. The zero-order valence-electron chi connectivity index (χ0n) is 17.1. The van der Waals surface area contributed by atoms with Crippen LogP contribution in [0.2, 0.25) is 0 Å². The van der Waals surface area contributed by atoms with E-state index < -0.39 is 0 Å². The van der Waals surface area contributed by atoms with Gasteiger partial charge in [0.2, 0.25) is 0 Å². The van der Waals surface area contributed by atoms with Gasteiger partial charge < -0.3 is 19.4 Å². The van der Waals surface area contributed by atoms with Gasteiger partial charge >= 0.3 is 0 Å². The molecule has 31 heavy (non-hydrogen) atoms. The standard InChI is InChI=1S/C24H22N4O3/c1-17(18-9-10-21-22(15-18)31-14-13-30-21)26-23(29)20-16-25-28(19-7-3-2-4-8-19)24(20)27-11-5-6-12-27/h2-12,15-17H,13-14H2,1H3,(H,26,29)/t17-/m0/s1. The molecule has 2 aromatic heterocycles. The molecule has 7 nitrogen and oxygen atoms in total. The largest absolute Gasteiger partial charge is 0.486 e. The van der Waals surface area contributed by atoms with Crippen LogP contribution < -0.4 is 14.8 Å². The SMILES string of the molecule is C[C@H](NC(=O)c1cnn(-c2ccccc2)c1-n1cccc1)c1ccc2c(c1)OCCO2. The van der Waals surface area contributed by atoms with Gasteiger partial charge in [-0.05, 0) is 48.9 Å². The van der Waals surface area contributed by atoms with Gasteiger partial charge in [0.05, 0.1) is 17.9 Å². The third-order valence-corrected chi connectivity index (χ3v) is 5.25. The van der Waals surface area contributed by atoms with Gasteiger partial charge in [0.15, 0.2) is 17.3 Å². The summed E-state index contributed by atoms with van der Waals surface area (Å²) in [7, 11) is 0. The number of benzene rings is 2. The summed E-state index contributed by atoms with van der Waals surface area (Å²) >= 11 is 0. The average molecular weight is 414 g/mol. The number of aromatic nitrogens is 3. The van der Waals surface area contributed by atoms with E-state index in [0.29, 0.717) is 30.3 Å². The molecule has 1 aliphatic rings. The Bertz CT molecular complexity index is 1200. The van der Waals surface area contributed by atoms with Gasteiger partial charge in [0, 0.05) is 12.4 Å². The molecule has 1 atom stereocenters. The lowest BCUT2D eigenvalue weighted by Gasteiger charge is -2.21. The minimum absolute atomic E-state index is 0.201. The second-order valence-corrected chi connectivity index (χ2v) is 7.32. The normalized spacial score (nSPS) is 13.6. The number of carbonyl (C=O) groups is 1. The molecule has 156 valence electrons. The van der Waals surface area contributed by atoms with Crippen LogP contribution in [0.25, 0.3) is 11.5 Å². The van der Waals surface area contributed by atoms with Crippen molar-refractivity contribution in [3.63, 3.8) is 0 Å². The number of amides is 1. The topological polar surface area (TPSA) is 70.3 Å². The molecule has 0 spiro atoms. The molecule has 0 unspecified atom stereocenters. The fraction of sp³-hybridized carbons (Fsp3) is 0.167. The highest BCUT2D eigenvalue weighted by Gasteiger charge is 2.22. The summed E-state index contributed by atoms with van der Waals surface area (Å²) in [4.78, 5) is 13.2. The molecule has 0 fully saturated rings. The minimum atomic E-state index is -0.221. The van der Waals surface area contributed by atoms with E-state index in [1.807, 2.05) is 84.5 Å². The van der Waals surface area contributed by atoms with Crippen LogP contribution in [-0.4, -0.2) is 33.5 Å². The molecular weight excluding hydrogens is 392 g/mol. The number of hydrogen-bond donors (Lipinski definition) is 1. The third kappa shape index (κ3) is 3.66. The van der Waals surface area contributed by atoms with Crippen LogP contribution in [-0.2, 0) is 0 Å². The van der Waals surface area contributed by atoms with E-state index in [-0.39, 0.29) is 11.9 Å². The summed E-state index contributed by atoms with van der Waals surface area (Å²) in [6.07, 6.45) is 5.41. The molecule has 0 bridgehead atoms. The summed E-state index contributed by atoms with van der Waals surface area (Å²) in [6.45, 7) is 3.02. The number of para-hydroxylation sites is 1. The maximum Gasteiger partial charge on any atom is 0.257 e. The summed E-state index contributed by atoms with van der Waals surface area (Å²) in [6, 6.07) is 19.1. The highest BCUT2D eigenvalue weighted by atomic mass is 16.6. The molecule has 1 N–H and O–H groups in total. The first-order chi connectivity index (χ1) is 15.2. The predicted molar refractivity (Wildman–Crippen MR) is 116 cm³/mol. The lowest BCUT2D eigenvalue weighted by molar-refractivity contribution is 0.0939. The van der Waals surface area contributed by atoms with Crippen molar-refractivity contribution in [2.24, 2.45) is 0 Å². The number of nitrogens with one attached hydrogen (secondary N) is 1. The molecule has 7 heteroatoms. The van der Waals surface area contributed by atoms with Gasteiger partial charge in [-0.25, -0.2) is 4.68 Å². The quantitative estimate of drug-likeness (QED) is 0.537. The summed E-state index contributed by atoms with van der Waals surface area (Å²) < 4.78 is 14.9. The van der Waals surface area contributed by atoms with Gasteiger partial charge in [-0.2, -0.15) is 5.10 Å². The van der Waals surface area contributed by atoms with Crippen LogP contribution in [0.5, 0.6) is 11.5 Å². The van der Waals surface area contributed by atoms with Crippen molar-refractivity contribution in [2.45, 2.75) is 13.0 Å². The number of carbonyl (C=O) groups excluding carboxylic acids is 1. The van der Waals surface area contributed by atoms with Crippen molar-refractivity contribution in [1.29, 1.82) is 0 Å². The van der Waals surface area contributed by atoms with Gasteiger partial charge in [-0.15, -0.1) is 0 Å². The summed E-state index contributed by atoms with van der Waals surface area (Å²) in [5, 5.41) is 7.58. The van der Waals surface area contributed by atoms with Crippen molar-refractivity contribution in [3.05, 3.63) is 90.4 Å². The molecule has 5 rings (SSSR count). The third-order valence-electron chi connectivity index (χ3n) is 5.25. The smallest absolute Gasteiger partial charge is 0.257 e. The van der Waals surface area contributed by atoms with Gasteiger partial charge in [0.1, 0.15) is 18.8 Å². The highest BCUT2D eigenvalue weighted by molar-refractivity contribution is 5.97. The minimum Gasteiger partial charge on any atom is -0.486 e. The Labute approximate surface area is 179 Å². The first-order valence-electron chi connectivity index (χ1n) is 10.2. The van der Waals surface area contributed by atoms with Crippen LogP contribution >= 0.6 is 0 Å². The zero-order chi connectivity index (χ0) is 21.2. The summed E-state index contributed by atoms with van der Waals surface area (Å²) in [5.41, 5.74) is 2.31. The molecule has 1 amide bonds. The monoisotopic (exact) mass is 414 g/mol. The Balaban J connectivity index is 1.45. The summed E-state index contributed by atoms with van der Waals surface area (Å²) in [5.74, 6) is 1.92. The molecule has 0 saturated heterocycles. The lowest BCUT2D eigenvalue weighted by Crippen LogP contribution is -2.27. The molecule has 4 aromatic rings. The molecule has 3 heterocycles. The lowest BCUT2D eigenvalue weighted by atomic mass is 10.1. The van der Waals surface area contributed by atoms with Gasteiger partial charge in [0.25, 0.3) is 5.91 Å². The van der Waals surface area contributed by atoms with E-state index in [1.165, 1.54) is 0 Å². The van der Waals surface area contributed by atoms with Gasteiger partial charge in [-0.3, -0.25) is 4.79 Å². The van der Waals surface area contributed by atoms with E-state index in [4.69, 9.17) is 9.47 Å². The van der Waals surface area contributed by atoms with Crippen molar-refractivity contribution < 1.29 is 14.3 Å². The number of nitrogens with zero attached hydrogens (tertiary/aromatic N) is 3. The van der Waals surface area contributed by atoms with Crippen LogP contribution in [0.15, 0.2) is 79.3 Å². The molecule has 2 aromatic carbocycles. The van der Waals surface area contributed by atoms with Crippen LogP contribution in [0.4, 0.5) is 0 Å². The maximum absolute atomic E-state index is 13.2. The predicted octanol–water partition coefficient (Wildman–Crippen LogP) is 3.93. The first-order valence-corrected chi connectivity index (χ1v) is 10.2. The van der Waals surface area contributed by atoms with Crippen LogP contribution in [0, 0.1) is 0 Å². The maximum atomic E-state index is 13.2. The van der Waals surface area contributed by atoms with Crippen molar-refractivity contribution in [2.75, 3.05) is 13.2 Å². The van der Waals surface area contributed by atoms with E-state index in [9.17, 15) is 4.79 Å². The van der Waals surface area contributed by atoms with Crippen LogP contribution in [0.1, 0.15) is 28.9 Å². The van der Waals surface area contributed by atoms with Crippen molar-refractivity contribution in [3.8, 4) is 23.0 Å². The Morgan fingerprint density at radius 3 is 2.52 bits per heavy atom. The van der Waals surface area contributed by atoms with Crippen molar-refractivity contribution >= 4 is 5.91 Å². The second-order valence-electron chi connectivity index (χ2n) is 7.32. The van der Waals surface area contributed by atoms with E-state index in [2.05, 4.69) is 10.4 Å². The Morgan fingerprint density at radius 1 is 1.00 bits per heavy atom. The Morgan fingerprint density at radius 2 is 1.74 bits per heavy atom. The molecular formula is C24H22N4O3. The molecule has 1 aliphatic heterocycles. The zero-order valence-corrected chi connectivity index (χ0v) is 17.1. The fourth-order valence-corrected chi connectivity index (χ4v) is 3.67. The molecule has 0 radical (unpaired) electrons. The van der Waals surface area contributed by atoms with Gasteiger partial charge in [-0.1, -0.05) is 24.3 Å².